The molecule has 1 aliphatic heterocycles. The van der Waals surface area contributed by atoms with Crippen molar-refractivity contribution in [1.82, 2.24) is 4.31 Å². The Hall–Kier alpha value is -2.41. The molecule has 0 aromatic heterocycles. The van der Waals surface area contributed by atoms with Crippen molar-refractivity contribution in [2.45, 2.75) is 10.3 Å². The molecule has 7 nitrogen and oxygen atoms in total. The van der Waals surface area contributed by atoms with E-state index in [0.717, 1.165) is 0 Å². The number of thioether (sulfide) groups is 1. The highest BCUT2D eigenvalue weighted by Gasteiger charge is 2.38. The van der Waals surface area contributed by atoms with E-state index in [1.165, 1.54) is 61.7 Å². The second-order valence-electron chi connectivity index (χ2n) is 5.92. The van der Waals surface area contributed by atoms with Gasteiger partial charge in [0.2, 0.25) is 10.0 Å². The first-order valence-corrected chi connectivity index (χ1v) is 10.9. The smallest absolute Gasteiger partial charge is 0.244 e. The number of benzene rings is 2. The fourth-order valence-electron chi connectivity index (χ4n) is 3.03. The van der Waals surface area contributed by atoms with Crippen LogP contribution in [0.4, 0.5) is 0 Å². The Morgan fingerprint density at radius 3 is 2.21 bits per heavy atom. The molecular weight excluding hydrogens is 400 g/mol. The van der Waals surface area contributed by atoms with E-state index in [0.29, 0.717) is 40.7 Å². The van der Waals surface area contributed by atoms with Crippen LogP contribution in [0.2, 0.25) is 0 Å². The highest BCUT2D eigenvalue weighted by molar-refractivity contribution is 8.01. The molecule has 2 aromatic carbocycles. The second kappa shape index (κ2) is 8.31. The van der Waals surface area contributed by atoms with Crippen LogP contribution in [-0.4, -0.2) is 46.4 Å². The minimum absolute atomic E-state index is 0.151. The zero-order chi connectivity index (χ0) is 20.3. The molecule has 0 aliphatic carbocycles. The Kier molecular flexibility index (Phi) is 6.03. The summed E-state index contributed by atoms with van der Waals surface area (Å²) in [6.07, 6.45) is 0. The SMILES string of the molecule is COc1cc(OC)c(C2SCCN2S(=O)(=O)c2ccc(C#N)cc2)cc1OC. The number of ether oxygens (including phenoxy) is 3. The van der Waals surface area contributed by atoms with Gasteiger partial charge in [-0.25, -0.2) is 8.42 Å². The molecule has 1 unspecified atom stereocenters. The third kappa shape index (κ3) is 3.63. The van der Waals surface area contributed by atoms with Gasteiger partial charge < -0.3 is 14.2 Å². The molecule has 3 rings (SSSR count). The van der Waals surface area contributed by atoms with Crippen LogP contribution in [0.15, 0.2) is 41.3 Å². The van der Waals surface area contributed by atoms with Gasteiger partial charge in [0.15, 0.2) is 11.5 Å². The molecule has 0 radical (unpaired) electrons. The fourth-order valence-corrected chi connectivity index (χ4v) is 6.28. The molecular formula is C19H20N2O5S2. The molecule has 0 bridgehead atoms. The maximum Gasteiger partial charge on any atom is 0.244 e. The molecule has 1 atom stereocenters. The predicted octanol–water partition coefficient (Wildman–Crippen LogP) is 3.02. The van der Waals surface area contributed by atoms with Crippen molar-refractivity contribution < 1.29 is 22.6 Å². The van der Waals surface area contributed by atoms with Crippen molar-refractivity contribution in [3.05, 3.63) is 47.5 Å². The molecule has 0 saturated carbocycles. The number of hydrogen-bond donors (Lipinski definition) is 0. The van der Waals surface area contributed by atoms with Gasteiger partial charge in [-0.05, 0) is 30.3 Å². The molecule has 0 N–H and O–H groups in total. The van der Waals surface area contributed by atoms with Crippen molar-refractivity contribution >= 4 is 21.8 Å². The monoisotopic (exact) mass is 420 g/mol. The largest absolute Gasteiger partial charge is 0.496 e. The summed E-state index contributed by atoms with van der Waals surface area (Å²) in [4.78, 5) is 0.151. The molecule has 0 amide bonds. The molecule has 1 saturated heterocycles. The van der Waals surface area contributed by atoms with Crippen LogP contribution in [-0.2, 0) is 10.0 Å². The summed E-state index contributed by atoms with van der Waals surface area (Å²) in [5, 5.41) is 8.47. The van der Waals surface area contributed by atoms with Gasteiger partial charge in [0, 0.05) is 23.9 Å². The predicted molar refractivity (Wildman–Crippen MR) is 106 cm³/mol. The molecule has 1 heterocycles. The maximum atomic E-state index is 13.2. The highest BCUT2D eigenvalue weighted by Crippen LogP contribution is 2.47. The Bertz CT molecular complexity index is 1000. The van der Waals surface area contributed by atoms with Crippen LogP contribution in [0.5, 0.6) is 17.2 Å². The summed E-state index contributed by atoms with van der Waals surface area (Å²) >= 11 is 1.51. The topological polar surface area (TPSA) is 88.9 Å². The third-order valence-electron chi connectivity index (χ3n) is 4.44. The maximum absolute atomic E-state index is 13.2. The molecule has 1 fully saturated rings. The van der Waals surface area contributed by atoms with E-state index in [1.54, 1.807) is 12.1 Å². The van der Waals surface area contributed by atoms with Gasteiger partial charge >= 0.3 is 0 Å². The summed E-state index contributed by atoms with van der Waals surface area (Å²) in [6.45, 7) is 0.370. The number of nitriles is 1. The zero-order valence-electron chi connectivity index (χ0n) is 15.7. The van der Waals surface area contributed by atoms with Gasteiger partial charge in [-0.15, -0.1) is 11.8 Å². The van der Waals surface area contributed by atoms with Crippen molar-refractivity contribution in [1.29, 1.82) is 5.26 Å². The van der Waals surface area contributed by atoms with Crippen LogP contribution >= 0.6 is 11.8 Å². The lowest BCUT2D eigenvalue weighted by molar-refractivity contribution is 0.344. The Morgan fingerprint density at radius 1 is 1.04 bits per heavy atom. The lowest BCUT2D eigenvalue weighted by atomic mass is 10.1. The lowest BCUT2D eigenvalue weighted by Gasteiger charge is -2.25. The molecule has 148 valence electrons. The van der Waals surface area contributed by atoms with E-state index in [1.807, 2.05) is 6.07 Å². The fraction of sp³-hybridized carbons (Fsp3) is 0.316. The van der Waals surface area contributed by atoms with Crippen molar-refractivity contribution in [2.24, 2.45) is 0 Å². The van der Waals surface area contributed by atoms with Crippen molar-refractivity contribution in [2.75, 3.05) is 33.6 Å². The molecule has 0 spiro atoms. The first-order valence-electron chi connectivity index (χ1n) is 8.39. The van der Waals surface area contributed by atoms with E-state index >= 15 is 0 Å². The van der Waals surface area contributed by atoms with E-state index < -0.39 is 15.4 Å². The molecule has 9 heteroatoms. The summed E-state index contributed by atoms with van der Waals surface area (Å²) in [6, 6.07) is 11.4. The van der Waals surface area contributed by atoms with Crippen molar-refractivity contribution in [3.8, 4) is 23.3 Å². The minimum Gasteiger partial charge on any atom is -0.496 e. The van der Waals surface area contributed by atoms with Crippen molar-refractivity contribution in [3.63, 3.8) is 0 Å². The van der Waals surface area contributed by atoms with Gasteiger partial charge in [0.1, 0.15) is 5.75 Å². The second-order valence-corrected chi connectivity index (χ2v) is 9.00. The van der Waals surface area contributed by atoms with Gasteiger partial charge in [0.25, 0.3) is 0 Å². The van der Waals surface area contributed by atoms with Crippen LogP contribution < -0.4 is 14.2 Å². The minimum atomic E-state index is -3.75. The van der Waals surface area contributed by atoms with Gasteiger partial charge in [-0.3, -0.25) is 0 Å². The van der Waals surface area contributed by atoms with Gasteiger partial charge in [0.05, 0.1) is 43.2 Å². The Morgan fingerprint density at radius 2 is 1.64 bits per heavy atom. The number of nitrogens with zero attached hydrogens (tertiary/aromatic N) is 2. The Labute approximate surface area is 168 Å². The van der Waals surface area contributed by atoms with Crippen LogP contribution in [0.1, 0.15) is 16.5 Å². The first kappa shape index (κ1) is 20.3. The molecule has 28 heavy (non-hydrogen) atoms. The van der Waals surface area contributed by atoms with E-state index in [2.05, 4.69) is 0 Å². The summed E-state index contributed by atoms with van der Waals surface area (Å²) in [7, 11) is 0.845. The molecule has 1 aliphatic rings. The van der Waals surface area contributed by atoms with E-state index in [-0.39, 0.29) is 4.90 Å². The summed E-state index contributed by atoms with van der Waals surface area (Å²) in [5.41, 5.74) is 1.10. The third-order valence-corrected chi connectivity index (χ3v) is 7.70. The average Bonchev–Trinajstić information content (AvgIpc) is 3.23. The standard InChI is InChI=1S/C19H20N2O5S2/c1-24-16-11-18(26-3)17(25-2)10-15(16)19-21(8-9-27-19)28(22,23)14-6-4-13(12-20)5-7-14/h4-7,10-11,19H,8-9H2,1-3H3. The quantitative estimate of drug-likeness (QED) is 0.710. The summed E-state index contributed by atoms with van der Waals surface area (Å²) < 4.78 is 44.1. The Balaban J connectivity index is 2.04. The normalized spacial score (nSPS) is 17.1. The van der Waals surface area contributed by atoms with Gasteiger partial charge in [-0.2, -0.15) is 9.57 Å². The number of hydrogen-bond acceptors (Lipinski definition) is 7. The van der Waals surface area contributed by atoms with Crippen LogP contribution in [0.25, 0.3) is 0 Å². The lowest BCUT2D eigenvalue weighted by Crippen LogP contribution is -2.30. The number of methoxy groups -OCH3 is 3. The average molecular weight is 421 g/mol. The van der Waals surface area contributed by atoms with Crippen LogP contribution in [0.3, 0.4) is 0 Å². The summed E-state index contributed by atoms with van der Waals surface area (Å²) in [5.74, 6) is 2.18. The highest BCUT2D eigenvalue weighted by atomic mass is 32.2. The zero-order valence-corrected chi connectivity index (χ0v) is 17.3. The number of sulfonamides is 1. The molecule has 2 aromatic rings. The van der Waals surface area contributed by atoms with Gasteiger partial charge in [-0.1, -0.05) is 0 Å². The first-order chi connectivity index (χ1) is 13.5. The van der Waals surface area contributed by atoms with E-state index in [4.69, 9.17) is 19.5 Å². The number of rotatable bonds is 6. The van der Waals surface area contributed by atoms with Crippen LogP contribution in [0, 0.1) is 11.3 Å². The van der Waals surface area contributed by atoms with E-state index in [9.17, 15) is 8.42 Å².